The predicted molar refractivity (Wildman–Crippen MR) is 147 cm³/mol. The third-order valence-corrected chi connectivity index (χ3v) is 6.09. The zero-order valence-corrected chi connectivity index (χ0v) is 24.4. The molecule has 1 fully saturated rings. The summed E-state index contributed by atoms with van der Waals surface area (Å²) in [5, 5.41) is 2.95. The first-order chi connectivity index (χ1) is 19.0. The number of hydrogen-bond acceptors (Lipinski definition) is 9. The summed E-state index contributed by atoms with van der Waals surface area (Å²) in [6, 6.07) is 5.17. The molecule has 1 aliphatic rings. The van der Waals surface area contributed by atoms with Crippen LogP contribution in [0.2, 0.25) is 0 Å². The minimum Gasteiger partial charge on any atom is -0.478 e. The number of carbonyl (C=O) groups excluding carboxylic acids is 4. The molecule has 40 heavy (non-hydrogen) atoms. The average Bonchev–Trinajstić information content (AvgIpc) is 2.90. The van der Waals surface area contributed by atoms with Crippen LogP contribution in [0.3, 0.4) is 0 Å². The average molecular weight is 565 g/mol. The van der Waals surface area contributed by atoms with E-state index in [0.29, 0.717) is 49.9 Å². The summed E-state index contributed by atoms with van der Waals surface area (Å²) in [5.74, 6) is -0.0820. The number of amides is 2. The summed E-state index contributed by atoms with van der Waals surface area (Å²) in [4.78, 5) is 49.8. The summed E-state index contributed by atoms with van der Waals surface area (Å²) >= 11 is 0. The van der Waals surface area contributed by atoms with Gasteiger partial charge < -0.3 is 33.9 Å². The molecule has 0 spiro atoms. The predicted octanol–water partition coefficient (Wildman–Crippen LogP) is 3.66. The van der Waals surface area contributed by atoms with E-state index in [0.717, 1.165) is 24.8 Å². The number of esters is 2. The first-order valence-electron chi connectivity index (χ1n) is 13.9. The summed E-state index contributed by atoms with van der Waals surface area (Å²) in [7, 11) is 0. The molecule has 2 rings (SSSR count). The molecule has 0 aliphatic carbocycles. The van der Waals surface area contributed by atoms with Gasteiger partial charge in [-0.2, -0.15) is 0 Å². The van der Waals surface area contributed by atoms with Gasteiger partial charge >= 0.3 is 18.0 Å². The van der Waals surface area contributed by atoms with Crippen molar-refractivity contribution in [1.82, 2.24) is 10.2 Å². The highest BCUT2D eigenvalue weighted by Crippen LogP contribution is 2.29. The Balaban J connectivity index is 1.79. The van der Waals surface area contributed by atoms with Gasteiger partial charge in [0.15, 0.2) is 24.7 Å². The lowest BCUT2D eigenvalue weighted by molar-refractivity contribution is -0.146. The summed E-state index contributed by atoms with van der Waals surface area (Å²) in [6.45, 7) is 10.6. The fourth-order valence-corrected chi connectivity index (χ4v) is 4.12. The molecule has 11 heteroatoms. The number of likely N-dealkylation sites (tertiary alicyclic amines) is 1. The fraction of sp³-hybridized carbons (Fsp3) is 0.655. The SMILES string of the molecule is CCOC(=O)COc1ccc(CCNC(=O)CCC2CCN(C(=O)OC(C)(C)C)CC2)cc1OCC(=O)OCC. The van der Waals surface area contributed by atoms with Gasteiger partial charge in [-0.1, -0.05) is 6.07 Å². The van der Waals surface area contributed by atoms with Crippen LogP contribution in [0.25, 0.3) is 0 Å². The van der Waals surface area contributed by atoms with E-state index in [-0.39, 0.29) is 38.4 Å². The van der Waals surface area contributed by atoms with Crippen LogP contribution in [-0.4, -0.2) is 80.5 Å². The van der Waals surface area contributed by atoms with Gasteiger partial charge in [-0.05, 0) is 83.9 Å². The smallest absolute Gasteiger partial charge is 0.410 e. The highest BCUT2D eigenvalue weighted by atomic mass is 16.6. The van der Waals surface area contributed by atoms with Gasteiger partial charge in [-0.15, -0.1) is 0 Å². The van der Waals surface area contributed by atoms with Gasteiger partial charge in [0.1, 0.15) is 5.60 Å². The van der Waals surface area contributed by atoms with Gasteiger partial charge in [0, 0.05) is 26.1 Å². The van der Waals surface area contributed by atoms with Crippen LogP contribution in [0.15, 0.2) is 18.2 Å². The second-order valence-electron chi connectivity index (χ2n) is 10.5. The van der Waals surface area contributed by atoms with Crippen molar-refractivity contribution in [3.8, 4) is 11.5 Å². The maximum Gasteiger partial charge on any atom is 0.410 e. The molecule has 1 aliphatic heterocycles. The van der Waals surface area contributed by atoms with Crippen LogP contribution < -0.4 is 14.8 Å². The zero-order valence-electron chi connectivity index (χ0n) is 24.4. The Labute approximate surface area is 236 Å². The van der Waals surface area contributed by atoms with Gasteiger partial charge in [-0.25, -0.2) is 14.4 Å². The highest BCUT2D eigenvalue weighted by Gasteiger charge is 2.27. The van der Waals surface area contributed by atoms with E-state index in [1.165, 1.54) is 0 Å². The maximum atomic E-state index is 12.4. The molecule has 0 unspecified atom stereocenters. The quantitative estimate of drug-likeness (QED) is 0.266. The fourth-order valence-electron chi connectivity index (χ4n) is 4.12. The summed E-state index contributed by atoms with van der Waals surface area (Å²) in [6.07, 6.45) is 3.15. The normalized spacial score (nSPS) is 13.8. The number of piperidine rings is 1. The van der Waals surface area contributed by atoms with Crippen molar-refractivity contribution in [2.75, 3.05) is 46.1 Å². The largest absolute Gasteiger partial charge is 0.478 e. The van der Waals surface area contributed by atoms with E-state index in [1.54, 1.807) is 30.9 Å². The molecule has 1 aromatic carbocycles. The first-order valence-corrected chi connectivity index (χ1v) is 13.9. The second kappa shape index (κ2) is 16.6. The molecule has 224 valence electrons. The van der Waals surface area contributed by atoms with Crippen molar-refractivity contribution in [3.05, 3.63) is 23.8 Å². The van der Waals surface area contributed by atoms with E-state index in [4.69, 9.17) is 23.7 Å². The number of rotatable bonds is 14. The molecule has 1 N–H and O–H groups in total. The molecule has 1 heterocycles. The van der Waals surface area contributed by atoms with Gasteiger partial charge in [-0.3, -0.25) is 4.79 Å². The van der Waals surface area contributed by atoms with Crippen LogP contribution in [0.1, 0.15) is 65.9 Å². The van der Waals surface area contributed by atoms with Crippen LogP contribution in [0.4, 0.5) is 4.79 Å². The lowest BCUT2D eigenvalue weighted by Gasteiger charge is -2.33. The third-order valence-electron chi connectivity index (χ3n) is 6.09. The molecule has 0 aromatic heterocycles. The Bertz CT molecular complexity index is 982. The maximum absolute atomic E-state index is 12.4. The monoisotopic (exact) mass is 564 g/mol. The molecule has 2 amide bonds. The Morgan fingerprint density at radius 3 is 2.10 bits per heavy atom. The Hall–Kier alpha value is -3.50. The van der Waals surface area contributed by atoms with Gasteiger partial charge in [0.25, 0.3) is 0 Å². The summed E-state index contributed by atoms with van der Waals surface area (Å²) in [5.41, 5.74) is 0.348. The number of ether oxygens (including phenoxy) is 5. The molecule has 0 bridgehead atoms. The molecule has 11 nitrogen and oxygen atoms in total. The van der Waals surface area contributed by atoms with Crippen molar-refractivity contribution >= 4 is 23.9 Å². The third kappa shape index (κ3) is 12.6. The van der Waals surface area contributed by atoms with Crippen LogP contribution in [0.5, 0.6) is 11.5 Å². The number of nitrogens with zero attached hydrogens (tertiary/aromatic N) is 1. The first kappa shape index (κ1) is 32.7. The zero-order chi connectivity index (χ0) is 29.5. The Kier molecular flexibility index (Phi) is 13.5. The summed E-state index contributed by atoms with van der Waals surface area (Å²) < 4.78 is 26.3. The highest BCUT2D eigenvalue weighted by molar-refractivity contribution is 5.76. The van der Waals surface area contributed by atoms with Crippen molar-refractivity contribution in [3.63, 3.8) is 0 Å². The molecule has 0 atom stereocenters. The number of carbonyl (C=O) groups is 4. The molecule has 1 aromatic rings. The van der Waals surface area contributed by atoms with Gasteiger partial charge in [0.05, 0.1) is 13.2 Å². The molecule has 1 saturated heterocycles. The van der Waals surface area contributed by atoms with Crippen LogP contribution in [-0.2, 0) is 35.0 Å². The van der Waals surface area contributed by atoms with E-state index < -0.39 is 17.5 Å². The lowest BCUT2D eigenvalue weighted by atomic mass is 9.92. The Morgan fingerprint density at radius 1 is 0.925 bits per heavy atom. The van der Waals surface area contributed by atoms with E-state index in [2.05, 4.69) is 5.32 Å². The minimum atomic E-state index is -0.521. The minimum absolute atomic E-state index is 0.0252. The van der Waals surface area contributed by atoms with E-state index in [1.807, 2.05) is 26.8 Å². The van der Waals surface area contributed by atoms with Crippen molar-refractivity contribution < 1.29 is 42.9 Å². The van der Waals surface area contributed by atoms with E-state index >= 15 is 0 Å². The van der Waals surface area contributed by atoms with Crippen molar-refractivity contribution in [1.29, 1.82) is 0 Å². The number of nitrogens with one attached hydrogen (secondary N) is 1. The topological polar surface area (TPSA) is 130 Å². The Morgan fingerprint density at radius 2 is 1.52 bits per heavy atom. The van der Waals surface area contributed by atoms with Crippen LogP contribution in [0, 0.1) is 5.92 Å². The van der Waals surface area contributed by atoms with Gasteiger partial charge in [0.2, 0.25) is 5.91 Å². The number of benzene rings is 1. The lowest BCUT2D eigenvalue weighted by Crippen LogP contribution is -2.41. The molecule has 0 radical (unpaired) electrons. The molecular weight excluding hydrogens is 520 g/mol. The molecule has 0 saturated carbocycles. The van der Waals surface area contributed by atoms with E-state index in [9.17, 15) is 19.2 Å². The van der Waals surface area contributed by atoms with Crippen molar-refractivity contribution in [2.24, 2.45) is 5.92 Å². The van der Waals surface area contributed by atoms with Crippen molar-refractivity contribution in [2.45, 2.75) is 72.3 Å². The second-order valence-corrected chi connectivity index (χ2v) is 10.5. The molecular formula is C29H44N2O9. The standard InChI is InChI=1S/C29H44N2O9/c1-6-36-26(33)19-38-23-10-8-22(18-24(23)39-20-27(34)37-7-2)12-15-30-25(32)11-9-21-13-16-31(17-14-21)28(35)40-29(3,4)5/h8,10,18,21H,6-7,9,11-17,19-20H2,1-5H3,(H,30,32). The number of hydrogen-bond donors (Lipinski definition) is 1. The van der Waals surface area contributed by atoms with Crippen LogP contribution >= 0.6 is 0 Å².